The van der Waals surface area contributed by atoms with Crippen molar-refractivity contribution in [3.05, 3.63) is 29.8 Å². The summed E-state index contributed by atoms with van der Waals surface area (Å²) < 4.78 is 5.28. The Balaban J connectivity index is 2.76. The first kappa shape index (κ1) is 14.5. The molecule has 1 amide bonds. The number of hydrogen-bond acceptors (Lipinski definition) is 3. The number of carbonyl (C=O) groups is 1. The highest BCUT2D eigenvalue weighted by Crippen LogP contribution is 2.24. The molecule has 3 atom stereocenters. The van der Waals surface area contributed by atoms with E-state index in [1.165, 1.54) is 0 Å². The second-order valence-electron chi connectivity index (χ2n) is 4.62. The third-order valence-corrected chi connectivity index (χ3v) is 3.17. The van der Waals surface area contributed by atoms with E-state index in [-0.39, 0.29) is 23.9 Å². The Hall–Kier alpha value is -1.55. The van der Waals surface area contributed by atoms with Crippen LogP contribution < -0.4 is 15.8 Å². The van der Waals surface area contributed by atoms with Gasteiger partial charge in [0, 0.05) is 17.5 Å². The monoisotopic (exact) mass is 250 g/mol. The Labute approximate surface area is 109 Å². The molecule has 100 valence electrons. The zero-order valence-corrected chi connectivity index (χ0v) is 11.4. The lowest BCUT2D eigenvalue weighted by atomic mass is 10.0. The van der Waals surface area contributed by atoms with Gasteiger partial charge in [-0.2, -0.15) is 0 Å². The molecule has 4 heteroatoms. The molecule has 0 heterocycles. The second-order valence-corrected chi connectivity index (χ2v) is 4.62. The Bertz CT molecular complexity index is 405. The van der Waals surface area contributed by atoms with Crippen molar-refractivity contribution in [2.45, 2.75) is 32.9 Å². The highest BCUT2D eigenvalue weighted by atomic mass is 16.5. The molecule has 0 aliphatic heterocycles. The van der Waals surface area contributed by atoms with Crippen LogP contribution in [0.2, 0.25) is 0 Å². The van der Waals surface area contributed by atoms with Gasteiger partial charge in [0.15, 0.2) is 0 Å². The first-order chi connectivity index (χ1) is 8.47. The number of nitrogens with two attached hydrogens (primary N) is 1. The summed E-state index contributed by atoms with van der Waals surface area (Å²) in [4.78, 5) is 11.9. The van der Waals surface area contributed by atoms with Gasteiger partial charge in [0.25, 0.3) is 0 Å². The van der Waals surface area contributed by atoms with Gasteiger partial charge >= 0.3 is 0 Å². The molecule has 0 aromatic heterocycles. The average Bonchev–Trinajstić information content (AvgIpc) is 2.37. The van der Waals surface area contributed by atoms with Gasteiger partial charge in [-0.15, -0.1) is 0 Å². The van der Waals surface area contributed by atoms with Crippen molar-refractivity contribution in [3.8, 4) is 5.75 Å². The lowest BCUT2D eigenvalue weighted by Gasteiger charge is -2.21. The second kappa shape index (κ2) is 6.40. The zero-order valence-electron chi connectivity index (χ0n) is 11.4. The van der Waals surface area contributed by atoms with Crippen molar-refractivity contribution in [1.29, 1.82) is 0 Å². The minimum absolute atomic E-state index is 0.0385. The highest BCUT2D eigenvalue weighted by Gasteiger charge is 2.20. The van der Waals surface area contributed by atoms with E-state index in [0.717, 1.165) is 11.3 Å². The van der Waals surface area contributed by atoms with E-state index in [0.29, 0.717) is 0 Å². The SMILES string of the molecule is COc1ccccc1[C@H](C)NC(=O)C(C)C(C)N. The number of benzene rings is 1. The molecule has 0 fully saturated rings. The van der Waals surface area contributed by atoms with Gasteiger partial charge in [-0.05, 0) is 19.9 Å². The van der Waals surface area contributed by atoms with E-state index in [4.69, 9.17) is 10.5 Å². The lowest BCUT2D eigenvalue weighted by Crippen LogP contribution is -2.39. The molecule has 4 nitrogen and oxygen atoms in total. The molecule has 1 aromatic rings. The summed E-state index contributed by atoms with van der Waals surface area (Å²) in [6.45, 7) is 5.59. The molecule has 18 heavy (non-hydrogen) atoms. The van der Waals surface area contributed by atoms with Crippen LogP contribution in [0.25, 0.3) is 0 Å². The molecule has 1 rings (SSSR count). The van der Waals surface area contributed by atoms with Crippen molar-refractivity contribution in [1.82, 2.24) is 5.32 Å². The van der Waals surface area contributed by atoms with Crippen LogP contribution in [0.5, 0.6) is 5.75 Å². The summed E-state index contributed by atoms with van der Waals surface area (Å²) in [5.74, 6) is 0.532. The quantitative estimate of drug-likeness (QED) is 0.838. The van der Waals surface area contributed by atoms with Crippen LogP contribution in [-0.4, -0.2) is 19.1 Å². The predicted molar refractivity (Wildman–Crippen MR) is 72.4 cm³/mol. The average molecular weight is 250 g/mol. The molecule has 0 radical (unpaired) electrons. The molecule has 2 unspecified atom stereocenters. The topological polar surface area (TPSA) is 64.3 Å². The summed E-state index contributed by atoms with van der Waals surface area (Å²) in [5, 5.41) is 2.95. The molecule has 0 saturated heterocycles. The predicted octanol–water partition coefficient (Wildman–Crippen LogP) is 1.86. The van der Waals surface area contributed by atoms with Crippen molar-refractivity contribution in [2.24, 2.45) is 11.7 Å². The number of ether oxygens (including phenoxy) is 1. The fourth-order valence-corrected chi connectivity index (χ4v) is 1.69. The zero-order chi connectivity index (χ0) is 13.7. The van der Waals surface area contributed by atoms with Crippen molar-refractivity contribution < 1.29 is 9.53 Å². The van der Waals surface area contributed by atoms with Gasteiger partial charge in [0.1, 0.15) is 5.75 Å². The van der Waals surface area contributed by atoms with E-state index in [9.17, 15) is 4.79 Å². The number of para-hydroxylation sites is 1. The van der Waals surface area contributed by atoms with Crippen LogP contribution in [0.3, 0.4) is 0 Å². The molecule has 0 spiro atoms. The van der Waals surface area contributed by atoms with Crippen LogP contribution in [0.4, 0.5) is 0 Å². The van der Waals surface area contributed by atoms with Crippen LogP contribution in [0.1, 0.15) is 32.4 Å². The van der Waals surface area contributed by atoms with Crippen LogP contribution in [0.15, 0.2) is 24.3 Å². The third kappa shape index (κ3) is 3.47. The number of hydrogen-bond donors (Lipinski definition) is 2. The van der Waals surface area contributed by atoms with E-state index in [1.807, 2.05) is 45.0 Å². The minimum Gasteiger partial charge on any atom is -0.496 e. The van der Waals surface area contributed by atoms with Crippen LogP contribution in [0, 0.1) is 5.92 Å². The van der Waals surface area contributed by atoms with E-state index < -0.39 is 0 Å². The van der Waals surface area contributed by atoms with Gasteiger partial charge in [-0.3, -0.25) is 4.79 Å². The van der Waals surface area contributed by atoms with E-state index in [2.05, 4.69) is 5.32 Å². The maximum Gasteiger partial charge on any atom is 0.224 e. The van der Waals surface area contributed by atoms with Gasteiger partial charge in [0.2, 0.25) is 5.91 Å². The van der Waals surface area contributed by atoms with Gasteiger partial charge in [-0.25, -0.2) is 0 Å². The van der Waals surface area contributed by atoms with Crippen molar-refractivity contribution >= 4 is 5.91 Å². The van der Waals surface area contributed by atoms with Gasteiger partial charge < -0.3 is 15.8 Å². The molecular weight excluding hydrogens is 228 g/mol. The standard InChI is InChI=1S/C14H22N2O2/c1-9(10(2)15)14(17)16-11(3)12-7-5-6-8-13(12)18-4/h5-11H,15H2,1-4H3,(H,16,17)/t9?,10?,11-/m0/s1. The maximum atomic E-state index is 11.9. The number of methoxy groups -OCH3 is 1. The fraction of sp³-hybridized carbons (Fsp3) is 0.500. The molecule has 1 aromatic carbocycles. The minimum atomic E-state index is -0.206. The number of nitrogens with one attached hydrogen (secondary N) is 1. The largest absolute Gasteiger partial charge is 0.496 e. The summed E-state index contributed by atoms with van der Waals surface area (Å²) in [6.07, 6.45) is 0. The molecule has 3 N–H and O–H groups in total. The third-order valence-electron chi connectivity index (χ3n) is 3.17. The molecular formula is C14H22N2O2. The Kier molecular flexibility index (Phi) is 5.16. The van der Waals surface area contributed by atoms with E-state index >= 15 is 0 Å². The molecule has 0 aliphatic rings. The maximum absolute atomic E-state index is 11.9. The number of amides is 1. The summed E-state index contributed by atoms with van der Waals surface area (Å²) in [6, 6.07) is 7.40. The molecule has 0 aliphatic carbocycles. The number of rotatable bonds is 5. The van der Waals surface area contributed by atoms with Crippen molar-refractivity contribution in [3.63, 3.8) is 0 Å². The van der Waals surface area contributed by atoms with Gasteiger partial charge in [0.05, 0.1) is 13.2 Å². The van der Waals surface area contributed by atoms with E-state index in [1.54, 1.807) is 7.11 Å². The first-order valence-electron chi connectivity index (χ1n) is 6.16. The number of carbonyl (C=O) groups excluding carboxylic acids is 1. The molecule has 0 bridgehead atoms. The fourth-order valence-electron chi connectivity index (χ4n) is 1.69. The molecule has 0 saturated carbocycles. The highest BCUT2D eigenvalue weighted by molar-refractivity contribution is 5.79. The van der Waals surface area contributed by atoms with Crippen LogP contribution in [-0.2, 0) is 4.79 Å². The van der Waals surface area contributed by atoms with Crippen LogP contribution >= 0.6 is 0 Å². The van der Waals surface area contributed by atoms with Gasteiger partial charge in [-0.1, -0.05) is 25.1 Å². The first-order valence-corrected chi connectivity index (χ1v) is 6.16. The Morgan fingerprint density at radius 1 is 1.28 bits per heavy atom. The van der Waals surface area contributed by atoms with Crippen molar-refractivity contribution in [2.75, 3.05) is 7.11 Å². The summed E-state index contributed by atoms with van der Waals surface area (Å²) >= 11 is 0. The normalized spacial score (nSPS) is 15.6. The summed E-state index contributed by atoms with van der Waals surface area (Å²) in [7, 11) is 1.62. The summed E-state index contributed by atoms with van der Waals surface area (Å²) in [5.41, 5.74) is 6.68. The Morgan fingerprint density at radius 3 is 2.44 bits per heavy atom. The Morgan fingerprint density at radius 2 is 1.89 bits per heavy atom. The lowest BCUT2D eigenvalue weighted by molar-refractivity contribution is -0.125. The smallest absolute Gasteiger partial charge is 0.224 e.